The van der Waals surface area contributed by atoms with Crippen molar-refractivity contribution >= 4 is 27.7 Å². The molecule has 2 aliphatic carbocycles. The average molecular weight is 401 g/mol. The largest absolute Gasteiger partial charge is 0.366 e. The van der Waals surface area contributed by atoms with Crippen molar-refractivity contribution in [3.8, 4) is 0 Å². The molecule has 0 unspecified atom stereocenters. The molecule has 5 heteroatoms. The van der Waals surface area contributed by atoms with E-state index in [2.05, 4.69) is 56.9 Å². The summed E-state index contributed by atoms with van der Waals surface area (Å²) in [6.45, 7) is 0.775. The summed E-state index contributed by atoms with van der Waals surface area (Å²) in [5.74, 6) is 2.36. The smallest absolute Gasteiger partial charge is 0.225 e. The molecule has 0 aliphatic heterocycles. The first-order valence-corrected chi connectivity index (χ1v) is 10.2. The zero-order valence-electron chi connectivity index (χ0n) is 14.5. The maximum absolute atomic E-state index is 4.79. The first-order chi connectivity index (χ1) is 12.3. The molecule has 0 saturated heterocycles. The van der Waals surface area contributed by atoms with Crippen molar-refractivity contribution in [1.82, 2.24) is 9.97 Å². The van der Waals surface area contributed by atoms with Crippen molar-refractivity contribution in [1.29, 1.82) is 0 Å². The van der Waals surface area contributed by atoms with E-state index in [0.717, 1.165) is 22.8 Å². The maximum atomic E-state index is 4.79. The number of aromatic nitrogens is 2. The number of benzene rings is 1. The van der Waals surface area contributed by atoms with Gasteiger partial charge in [-0.15, -0.1) is 0 Å². The fraction of sp³-hybridized carbons (Fsp3) is 0.500. The van der Waals surface area contributed by atoms with Crippen LogP contribution in [0.4, 0.5) is 11.8 Å². The van der Waals surface area contributed by atoms with Gasteiger partial charge in [-0.05, 0) is 43.4 Å². The first kappa shape index (κ1) is 16.8. The second kappa shape index (κ2) is 7.73. The van der Waals surface area contributed by atoms with E-state index in [1.54, 1.807) is 0 Å². The molecule has 0 spiro atoms. The van der Waals surface area contributed by atoms with Crippen LogP contribution in [-0.4, -0.2) is 16.0 Å². The number of rotatable bonds is 6. The van der Waals surface area contributed by atoms with Crippen molar-refractivity contribution in [3.63, 3.8) is 0 Å². The zero-order valence-corrected chi connectivity index (χ0v) is 16.1. The highest BCUT2D eigenvalue weighted by Gasteiger charge is 2.26. The lowest BCUT2D eigenvalue weighted by Gasteiger charge is -2.23. The van der Waals surface area contributed by atoms with Crippen molar-refractivity contribution < 1.29 is 0 Å². The lowest BCUT2D eigenvalue weighted by Crippen LogP contribution is -2.24. The Morgan fingerprint density at radius 2 is 1.72 bits per heavy atom. The number of nitrogens with zero attached hydrogens (tertiary/aromatic N) is 2. The van der Waals surface area contributed by atoms with Gasteiger partial charge in [-0.3, -0.25) is 0 Å². The van der Waals surface area contributed by atoms with Crippen molar-refractivity contribution in [3.05, 3.63) is 46.1 Å². The predicted octanol–water partition coefficient (Wildman–Crippen LogP) is 5.47. The second-order valence-electron chi connectivity index (χ2n) is 7.24. The van der Waals surface area contributed by atoms with Gasteiger partial charge in [0.05, 0.1) is 5.69 Å². The van der Waals surface area contributed by atoms with Gasteiger partial charge in [0.25, 0.3) is 0 Å². The number of halogens is 1. The Hall–Kier alpha value is -1.62. The summed E-state index contributed by atoms with van der Waals surface area (Å²) in [6, 6.07) is 11.1. The Bertz CT molecular complexity index is 706. The summed E-state index contributed by atoms with van der Waals surface area (Å²) in [4.78, 5) is 9.52. The molecule has 1 aromatic carbocycles. The van der Waals surface area contributed by atoms with Crippen LogP contribution in [0.3, 0.4) is 0 Å². The molecule has 4 rings (SSSR count). The SMILES string of the molecule is Brc1ccc(CNc2cc(C3CC3)nc(NC3CCCCC3)n2)cc1. The van der Waals surface area contributed by atoms with E-state index >= 15 is 0 Å². The topological polar surface area (TPSA) is 49.8 Å². The third-order valence-corrected chi connectivity index (χ3v) is 5.60. The van der Waals surface area contributed by atoms with E-state index in [0.29, 0.717) is 12.0 Å². The van der Waals surface area contributed by atoms with E-state index in [-0.39, 0.29) is 0 Å². The van der Waals surface area contributed by atoms with E-state index in [1.165, 1.54) is 56.2 Å². The molecule has 0 bridgehead atoms. The standard InChI is InChI=1S/C20H25BrN4/c21-16-10-6-14(7-11-16)13-22-19-12-18(15-8-9-15)24-20(25-19)23-17-4-2-1-3-5-17/h6-7,10-12,15,17H,1-5,8-9,13H2,(H2,22,23,24,25). The number of nitrogens with one attached hydrogen (secondary N) is 2. The summed E-state index contributed by atoms with van der Waals surface area (Å²) in [5.41, 5.74) is 2.43. The highest BCUT2D eigenvalue weighted by molar-refractivity contribution is 9.10. The average Bonchev–Trinajstić information content (AvgIpc) is 3.47. The van der Waals surface area contributed by atoms with Gasteiger partial charge in [0.15, 0.2) is 0 Å². The number of hydrogen-bond donors (Lipinski definition) is 2. The Labute approximate surface area is 158 Å². The molecule has 1 heterocycles. The van der Waals surface area contributed by atoms with Crippen LogP contribution in [0.5, 0.6) is 0 Å². The normalized spacial score (nSPS) is 18.1. The predicted molar refractivity (Wildman–Crippen MR) is 106 cm³/mol. The minimum Gasteiger partial charge on any atom is -0.366 e. The molecule has 2 saturated carbocycles. The minimum absolute atomic E-state index is 0.530. The molecule has 2 aliphatic rings. The van der Waals surface area contributed by atoms with Gasteiger partial charge in [0.1, 0.15) is 5.82 Å². The molecule has 132 valence electrons. The maximum Gasteiger partial charge on any atom is 0.225 e. The Morgan fingerprint density at radius 3 is 2.44 bits per heavy atom. The number of anilines is 2. The molecular formula is C20H25BrN4. The first-order valence-electron chi connectivity index (χ1n) is 9.40. The molecular weight excluding hydrogens is 376 g/mol. The van der Waals surface area contributed by atoms with Crippen LogP contribution in [0.25, 0.3) is 0 Å². The van der Waals surface area contributed by atoms with Gasteiger partial charge in [-0.1, -0.05) is 47.3 Å². The molecule has 0 amide bonds. The molecule has 2 N–H and O–H groups in total. The second-order valence-corrected chi connectivity index (χ2v) is 8.15. The van der Waals surface area contributed by atoms with Gasteiger partial charge in [0.2, 0.25) is 5.95 Å². The third-order valence-electron chi connectivity index (χ3n) is 5.07. The fourth-order valence-corrected chi connectivity index (χ4v) is 3.70. The third kappa shape index (κ3) is 4.72. The van der Waals surface area contributed by atoms with Crippen molar-refractivity contribution in [2.75, 3.05) is 10.6 Å². The fourth-order valence-electron chi connectivity index (χ4n) is 3.43. The molecule has 0 atom stereocenters. The van der Waals surface area contributed by atoms with Crippen LogP contribution in [0.15, 0.2) is 34.8 Å². The van der Waals surface area contributed by atoms with Gasteiger partial charge in [-0.25, -0.2) is 4.98 Å². The van der Waals surface area contributed by atoms with Gasteiger partial charge in [0, 0.05) is 29.0 Å². The van der Waals surface area contributed by atoms with E-state index in [1.807, 2.05) is 0 Å². The van der Waals surface area contributed by atoms with Crippen LogP contribution in [0, 0.1) is 0 Å². The lowest BCUT2D eigenvalue weighted by atomic mass is 9.96. The van der Waals surface area contributed by atoms with E-state index in [9.17, 15) is 0 Å². The summed E-state index contributed by atoms with van der Waals surface area (Å²) in [7, 11) is 0. The van der Waals surface area contributed by atoms with Gasteiger partial charge in [-0.2, -0.15) is 4.98 Å². The van der Waals surface area contributed by atoms with Crippen LogP contribution in [-0.2, 0) is 6.54 Å². The van der Waals surface area contributed by atoms with E-state index in [4.69, 9.17) is 9.97 Å². The van der Waals surface area contributed by atoms with Crippen LogP contribution in [0.2, 0.25) is 0 Å². The molecule has 4 nitrogen and oxygen atoms in total. The number of hydrogen-bond acceptors (Lipinski definition) is 4. The Kier molecular flexibility index (Phi) is 5.20. The van der Waals surface area contributed by atoms with Gasteiger partial charge >= 0.3 is 0 Å². The van der Waals surface area contributed by atoms with Crippen LogP contribution >= 0.6 is 15.9 Å². The molecule has 0 radical (unpaired) electrons. The molecule has 1 aromatic heterocycles. The summed E-state index contributed by atoms with van der Waals surface area (Å²) in [6.07, 6.45) is 8.97. The molecule has 2 fully saturated rings. The van der Waals surface area contributed by atoms with Gasteiger partial charge < -0.3 is 10.6 Å². The monoisotopic (exact) mass is 400 g/mol. The quantitative estimate of drug-likeness (QED) is 0.674. The Morgan fingerprint density at radius 1 is 0.960 bits per heavy atom. The van der Waals surface area contributed by atoms with Crippen molar-refractivity contribution in [2.45, 2.75) is 63.5 Å². The zero-order chi connectivity index (χ0) is 17.1. The highest BCUT2D eigenvalue weighted by atomic mass is 79.9. The minimum atomic E-state index is 0.530. The summed E-state index contributed by atoms with van der Waals surface area (Å²) >= 11 is 3.48. The summed E-state index contributed by atoms with van der Waals surface area (Å²) in [5, 5.41) is 7.06. The highest BCUT2D eigenvalue weighted by Crippen LogP contribution is 2.40. The van der Waals surface area contributed by atoms with Crippen LogP contribution in [0.1, 0.15) is 62.1 Å². The van der Waals surface area contributed by atoms with Crippen LogP contribution < -0.4 is 10.6 Å². The lowest BCUT2D eigenvalue weighted by molar-refractivity contribution is 0.460. The van der Waals surface area contributed by atoms with E-state index < -0.39 is 0 Å². The molecule has 25 heavy (non-hydrogen) atoms. The van der Waals surface area contributed by atoms with Crippen molar-refractivity contribution in [2.24, 2.45) is 0 Å². The summed E-state index contributed by atoms with van der Waals surface area (Å²) < 4.78 is 1.10. The molecule has 2 aromatic rings. The Balaban J connectivity index is 1.46.